The van der Waals surface area contributed by atoms with Crippen molar-refractivity contribution in [3.63, 3.8) is 0 Å². The van der Waals surface area contributed by atoms with Crippen LogP contribution in [-0.2, 0) is 17.1 Å². The number of rotatable bonds is 6. The molecule has 0 aromatic heterocycles. The molecule has 2 aromatic carbocycles. The van der Waals surface area contributed by atoms with Crippen LogP contribution in [0.1, 0.15) is 35.9 Å². The molecule has 1 fully saturated rings. The summed E-state index contributed by atoms with van der Waals surface area (Å²) in [4.78, 5) is 28.3. The van der Waals surface area contributed by atoms with Gasteiger partial charge in [-0.05, 0) is 55.8 Å². The molecule has 0 aliphatic carbocycles. The summed E-state index contributed by atoms with van der Waals surface area (Å²) in [6.45, 7) is 3.94. The van der Waals surface area contributed by atoms with Gasteiger partial charge in [-0.2, -0.15) is 26.3 Å². The number of halogens is 6. The molecule has 1 aliphatic rings. The molecule has 0 bridgehead atoms. The minimum absolute atomic E-state index is 0.124. The third-order valence-electron chi connectivity index (χ3n) is 5.51. The van der Waals surface area contributed by atoms with Crippen molar-refractivity contribution < 1.29 is 35.9 Å². The van der Waals surface area contributed by atoms with E-state index in [2.05, 4.69) is 5.32 Å². The predicted octanol–water partition coefficient (Wildman–Crippen LogP) is 6.24. The average Bonchev–Trinajstić information content (AvgIpc) is 3.07. The van der Waals surface area contributed by atoms with E-state index in [-0.39, 0.29) is 31.2 Å². The third-order valence-corrected chi connectivity index (χ3v) is 6.91. The van der Waals surface area contributed by atoms with E-state index in [0.29, 0.717) is 5.56 Å². The molecule has 1 heterocycles. The van der Waals surface area contributed by atoms with E-state index in [1.54, 1.807) is 13.8 Å². The van der Waals surface area contributed by atoms with Crippen LogP contribution in [0.5, 0.6) is 0 Å². The van der Waals surface area contributed by atoms with Gasteiger partial charge in [-0.25, -0.2) is 4.79 Å². The van der Waals surface area contributed by atoms with Crippen molar-refractivity contribution in [3.05, 3.63) is 65.2 Å². The van der Waals surface area contributed by atoms with Crippen molar-refractivity contribution in [2.75, 3.05) is 25.0 Å². The van der Waals surface area contributed by atoms with Gasteiger partial charge >= 0.3 is 18.4 Å². The smallest absolute Gasteiger partial charge is 0.324 e. The number of carbonyl (C=O) groups excluding carboxylic acids is 2. The van der Waals surface area contributed by atoms with Crippen LogP contribution in [0.4, 0.5) is 36.8 Å². The first kappa shape index (κ1) is 26.7. The Morgan fingerprint density at radius 3 is 1.97 bits per heavy atom. The maximum Gasteiger partial charge on any atom is 0.416 e. The van der Waals surface area contributed by atoms with Gasteiger partial charge in [-0.15, -0.1) is 11.8 Å². The van der Waals surface area contributed by atoms with Crippen molar-refractivity contribution in [2.45, 2.75) is 36.8 Å². The number of nitrogens with zero attached hydrogens (tertiary/aromatic N) is 2. The van der Waals surface area contributed by atoms with Crippen LogP contribution in [0.25, 0.3) is 0 Å². The second-order valence-electron chi connectivity index (χ2n) is 7.87. The molecule has 3 amide bonds. The Hall–Kier alpha value is -2.89. The zero-order valence-electron chi connectivity index (χ0n) is 18.8. The van der Waals surface area contributed by atoms with E-state index in [1.807, 2.05) is 0 Å². The molecule has 35 heavy (non-hydrogen) atoms. The number of carbonyl (C=O) groups is 2. The molecule has 12 heteroatoms. The second kappa shape index (κ2) is 10.4. The first-order valence-corrected chi connectivity index (χ1v) is 11.6. The minimum atomic E-state index is -4.49. The van der Waals surface area contributed by atoms with E-state index in [1.165, 1.54) is 33.7 Å². The lowest BCUT2D eigenvalue weighted by atomic mass is 10.1. The number of nitrogens with one attached hydrogen (secondary N) is 1. The van der Waals surface area contributed by atoms with Crippen molar-refractivity contribution in [2.24, 2.45) is 0 Å². The zero-order chi connectivity index (χ0) is 26.0. The Bertz CT molecular complexity index is 1040. The average molecular weight is 520 g/mol. The van der Waals surface area contributed by atoms with E-state index < -0.39 is 40.1 Å². The number of urea groups is 1. The fourth-order valence-corrected chi connectivity index (χ4v) is 4.88. The Morgan fingerprint density at radius 2 is 1.49 bits per heavy atom. The quantitative estimate of drug-likeness (QED) is 0.460. The summed E-state index contributed by atoms with van der Waals surface area (Å²) in [5.74, 6) is -0.195. The monoisotopic (exact) mass is 519 g/mol. The van der Waals surface area contributed by atoms with Crippen LogP contribution < -0.4 is 5.32 Å². The SMILES string of the molecule is CCN(CCN1C(=O)[C@H](C)S[C@H]1c1ccc(C(F)(F)F)cc1)C(=O)Nc1ccc(C(F)(F)F)cc1. The highest BCUT2D eigenvalue weighted by atomic mass is 32.2. The molecule has 1 aliphatic heterocycles. The molecule has 0 radical (unpaired) electrons. The second-order valence-corrected chi connectivity index (χ2v) is 9.29. The molecule has 0 unspecified atom stereocenters. The van der Waals surface area contributed by atoms with Crippen molar-refractivity contribution in [1.29, 1.82) is 0 Å². The fraction of sp³-hybridized carbons (Fsp3) is 0.391. The normalized spacial score (nSPS) is 18.6. The van der Waals surface area contributed by atoms with Crippen molar-refractivity contribution in [1.82, 2.24) is 9.80 Å². The van der Waals surface area contributed by atoms with Crippen molar-refractivity contribution in [3.8, 4) is 0 Å². The molecule has 2 atom stereocenters. The number of alkyl halides is 6. The summed E-state index contributed by atoms with van der Waals surface area (Å²) >= 11 is 1.31. The number of benzene rings is 2. The van der Waals surface area contributed by atoms with E-state index >= 15 is 0 Å². The van der Waals surface area contributed by atoms with Crippen LogP contribution in [0.15, 0.2) is 48.5 Å². The summed E-state index contributed by atoms with van der Waals surface area (Å²) in [7, 11) is 0. The number of thioether (sulfide) groups is 1. The van der Waals surface area contributed by atoms with Gasteiger partial charge in [0.25, 0.3) is 0 Å². The van der Waals surface area contributed by atoms with Gasteiger partial charge < -0.3 is 15.1 Å². The topological polar surface area (TPSA) is 52.7 Å². The molecule has 0 saturated carbocycles. The zero-order valence-corrected chi connectivity index (χ0v) is 19.6. The van der Waals surface area contributed by atoms with Crippen LogP contribution >= 0.6 is 11.8 Å². The van der Waals surface area contributed by atoms with Gasteiger partial charge in [0.05, 0.1) is 16.4 Å². The van der Waals surface area contributed by atoms with Gasteiger partial charge in [0, 0.05) is 25.3 Å². The maximum absolute atomic E-state index is 12.9. The Labute approximate surface area is 202 Å². The molecule has 1 N–H and O–H groups in total. The molecular formula is C23H23F6N3O2S. The standard InChI is InChI=1S/C23H23F6N3O2S/c1-3-31(21(34)30-18-10-8-17(9-11-18)23(27,28)29)12-13-32-19(33)14(2)35-20(32)15-4-6-16(7-5-15)22(24,25)26/h4-11,14,20H,3,12-13H2,1-2H3,(H,30,34)/t14-,20-/m0/s1. The molecule has 0 spiro atoms. The van der Waals surface area contributed by atoms with Crippen LogP contribution in [0.2, 0.25) is 0 Å². The number of likely N-dealkylation sites (N-methyl/N-ethyl adjacent to an activating group) is 1. The van der Waals surface area contributed by atoms with E-state index in [0.717, 1.165) is 36.4 Å². The van der Waals surface area contributed by atoms with E-state index in [4.69, 9.17) is 0 Å². The summed E-state index contributed by atoms with van der Waals surface area (Å²) in [5.41, 5.74) is -0.896. The van der Waals surface area contributed by atoms with Crippen molar-refractivity contribution >= 4 is 29.4 Å². The summed E-state index contributed by atoms with van der Waals surface area (Å²) < 4.78 is 76.8. The first-order chi connectivity index (χ1) is 16.3. The Balaban J connectivity index is 1.66. The Morgan fingerprint density at radius 1 is 0.971 bits per heavy atom. The van der Waals surface area contributed by atoms with Gasteiger partial charge in [-0.1, -0.05) is 12.1 Å². The lowest BCUT2D eigenvalue weighted by molar-refractivity contribution is -0.138. The number of amides is 3. The molecule has 2 aromatic rings. The number of hydrogen-bond donors (Lipinski definition) is 1. The highest BCUT2D eigenvalue weighted by Crippen LogP contribution is 2.43. The largest absolute Gasteiger partial charge is 0.416 e. The molecule has 190 valence electrons. The summed E-state index contributed by atoms with van der Waals surface area (Å²) in [6, 6.07) is 8.10. The molecule has 1 saturated heterocycles. The summed E-state index contributed by atoms with van der Waals surface area (Å²) in [6.07, 6.45) is -8.95. The maximum atomic E-state index is 12.9. The van der Waals surface area contributed by atoms with E-state index in [9.17, 15) is 35.9 Å². The summed E-state index contributed by atoms with van der Waals surface area (Å²) in [5, 5.41) is 1.63. The number of anilines is 1. The van der Waals surface area contributed by atoms with Crippen LogP contribution in [0, 0.1) is 0 Å². The number of hydrogen-bond acceptors (Lipinski definition) is 3. The van der Waals surface area contributed by atoms with Gasteiger partial charge in [0.2, 0.25) is 5.91 Å². The van der Waals surface area contributed by atoms with Crippen LogP contribution in [0.3, 0.4) is 0 Å². The first-order valence-electron chi connectivity index (χ1n) is 10.7. The van der Waals surface area contributed by atoms with Crippen LogP contribution in [-0.4, -0.2) is 46.6 Å². The van der Waals surface area contributed by atoms with Gasteiger partial charge in [0.15, 0.2) is 0 Å². The molecular weight excluding hydrogens is 496 g/mol. The molecule has 5 nitrogen and oxygen atoms in total. The third kappa shape index (κ3) is 6.41. The highest BCUT2D eigenvalue weighted by Gasteiger charge is 2.39. The lowest BCUT2D eigenvalue weighted by Gasteiger charge is -2.28. The minimum Gasteiger partial charge on any atom is -0.324 e. The van der Waals surface area contributed by atoms with Gasteiger partial charge in [0.1, 0.15) is 5.37 Å². The predicted molar refractivity (Wildman–Crippen MR) is 121 cm³/mol. The lowest BCUT2D eigenvalue weighted by Crippen LogP contribution is -2.42. The molecule has 3 rings (SSSR count). The van der Waals surface area contributed by atoms with Gasteiger partial charge in [-0.3, -0.25) is 4.79 Å². The Kier molecular flexibility index (Phi) is 7.93. The highest BCUT2D eigenvalue weighted by molar-refractivity contribution is 8.01. The fourth-order valence-electron chi connectivity index (χ4n) is 3.57.